The third-order valence-electron chi connectivity index (χ3n) is 2.59. The van der Waals surface area contributed by atoms with Crippen molar-refractivity contribution in [3.8, 4) is 22.6 Å². The van der Waals surface area contributed by atoms with Crippen LogP contribution in [0.2, 0.25) is 0 Å². The van der Waals surface area contributed by atoms with Crippen LogP contribution < -0.4 is 4.74 Å². The zero-order chi connectivity index (χ0) is 13.1. The molecule has 0 aliphatic heterocycles. The van der Waals surface area contributed by atoms with Gasteiger partial charge in [-0.25, -0.2) is 4.39 Å². The highest BCUT2D eigenvalue weighted by atomic mass is 19.1. The number of aldehydes is 1. The lowest BCUT2D eigenvalue weighted by atomic mass is 10.0. The second kappa shape index (κ2) is 4.87. The van der Waals surface area contributed by atoms with Crippen LogP contribution in [0.1, 0.15) is 10.4 Å². The average Bonchev–Trinajstić information content (AvgIpc) is 2.38. The van der Waals surface area contributed by atoms with Crippen LogP contribution in [0, 0.1) is 5.82 Å². The minimum Gasteiger partial charge on any atom is -0.507 e. The monoisotopic (exact) mass is 246 g/mol. The standard InChI is InChI=1S/C14H11FO3/c1-18-13-6-10(5-12(15)7-13)9-2-3-14(17)11(4-9)8-16/h2-8,17H,1H3. The Morgan fingerprint density at radius 1 is 1.17 bits per heavy atom. The van der Waals surface area contributed by atoms with Gasteiger partial charge in [-0.05, 0) is 35.4 Å². The Labute approximate surface area is 103 Å². The molecule has 2 aromatic carbocycles. The first-order chi connectivity index (χ1) is 8.63. The first-order valence-corrected chi connectivity index (χ1v) is 5.27. The van der Waals surface area contributed by atoms with Crippen molar-refractivity contribution in [2.45, 2.75) is 0 Å². The molecule has 0 aromatic heterocycles. The Kier molecular flexibility index (Phi) is 3.28. The van der Waals surface area contributed by atoms with Gasteiger partial charge in [-0.1, -0.05) is 6.07 Å². The van der Waals surface area contributed by atoms with Crippen LogP contribution in [-0.4, -0.2) is 18.5 Å². The number of aromatic hydroxyl groups is 1. The highest BCUT2D eigenvalue weighted by Gasteiger charge is 2.06. The van der Waals surface area contributed by atoms with Gasteiger partial charge in [-0.15, -0.1) is 0 Å². The molecule has 2 aromatic rings. The number of rotatable bonds is 3. The Balaban J connectivity index is 2.54. The zero-order valence-corrected chi connectivity index (χ0v) is 9.68. The van der Waals surface area contributed by atoms with E-state index in [0.29, 0.717) is 23.2 Å². The van der Waals surface area contributed by atoms with E-state index in [1.807, 2.05) is 0 Å². The molecule has 0 saturated carbocycles. The van der Waals surface area contributed by atoms with E-state index in [0.717, 1.165) is 0 Å². The second-order valence-corrected chi connectivity index (χ2v) is 3.77. The molecule has 2 rings (SSSR count). The summed E-state index contributed by atoms with van der Waals surface area (Å²) in [4.78, 5) is 10.7. The summed E-state index contributed by atoms with van der Waals surface area (Å²) in [5, 5.41) is 9.41. The molecule has 0 saturated heterocycles. The first-order valence-electron chi connectivity index (χ1n) is 5.27. The van der Waals surface area contributed by atoms with Crippen LogP contribution in [0.25, 0.3) is 11.1 Å². The Morgan fingerprint density at radius 3 is 2.61 bits per heavy atom. The number of phenols is 1. The Morgan fingerprint density at radius 2 is 1.94 bits per heavy atom. The van der Waals surface area contributed by atoms with E-state index in [9.17, 15) is 14.3 Å². The molecule has 0 aliphatic rings. The molecule has 0 aliphatic carbocycles. The number of carbonyl (C=O) groups is 1. The predicted octanol–water partition coefficient (Wildman–Crippen LogP) is 3.02. The molecule has 0 heterocycles. The first kappa shape index (κ1) is 12.1. The van der Waals surface area contributed by atoms with Crippen LogP contribution in [-0.2, 0) is 0 Å². The van der Waals surface area contributed by atoms with Crippen molar-refractivity contribution < 1.29 is 19.0 Å². The van der Waals surface area contributed by atoms with Crippen molar-refractivity contribution in [2.75, 3.05) is 7.11 Å². The van der Waals surface area contributed by atoms with Gasteiger partial charge < -0.3 is 9.84 Å². The predicted molar refractivity (Wildman–Crippen MR) is 65.4 cm³/mol. The lowest BCUT2D eigenvalue weighted by molar-refractivity contribution is 0.112. The van der Waals surface area contributed by atoms with E-state index < -0.39 is 5.82 Å². The maximum Gasteiger partial charge on any atom is 0.153 e. The van der Waals surface area contributed by atoms with Gasteiger partial charge in [-0.3, -0.25) is 4.79 Å². The minimum absolute atomic E-state index is 0.0999. The molecular weight excluding hydrogens is 235 g/mol. The minimum atomic E-state index is -0.426. The van der Waals surface area contributed by atoms with Gasteiger partial charge in [0.05, 0.1) is 12.7 Å². The third kappa shape index (κ3) is 2.32. The van der Waals surface area contributed by atoms with Gasteiger partial charge in [0.1, 0.15) is 17.3 Å². The molecule has 0 amide bonds. The van der Waals surface area contributed by atoms with Gasteiger partial charge in [0, 0.05) is 6.07 Å². The topological polar surface area (TPSA) is 46.5 Å². The maximum absolute atomic E-state index is 13.4. The van der Waals surface area contributed by atoms with Crippen molar-refractivity contribution in [1.29, 1.82) is 0 Å². The van der Waals surface area contributed by atoms with Gasteiger partial charge in [0.2, 0.25) is 0 Å². The van der Waals surface area contributed by atoms with Gasteiger partial charge in [0.15, 0.2) is 6.29 Å². The normalized spacial score (nSPS) is 10.1. The van der Waals surface area contributed by atoms with Crippen molar-refractivity contribution in [2.24, 2.45) is 0 Å². The number of halogens is 1. The molecule has 0 spiro atoms. The summed E-state index contributed by atoms with van der Waals surface area (Å²) < 4.78 is 18.3. The van der Waals surface area contributed by atoms with Gasteiger partial charge in [-0.2, -0.15) is 0 Å². The van der Waals surface area contributed by atoms with Crippen molar-refractivity contribution in [3.05, 3.63) is 47.8 Å². The quantitative estimate of drug-likeness (QED) is 0.847. The van der Waals surface area contributed by atoms with Crippen LogP contribution >= 0.6 is 0 Å². The lowest BCUT2D eigenvalue weighted by Gasteiger charge is -2.07. The highest BCUT2D eigenvalue weighted by molar-refractivity contribution is 5.82. The highest BCUT2D eigenvalue weighted by Crippen LogP contribution is 2.28. The summed E-state index contributed by atoms with van der Waals surface area (Å²) in [6, 6.07) is 8.77. The number of phenolic OH excluding ortho intramolecular Hbond substituents is 1. The second-order valence-electron chi connectivity index (χ2n) is 3.77. The number of hydrogen-bond donors (Lipinski definition) is 1. The number of methoxy groups -OCH3 is 1. The largest absolute Gasteiger partial charge is 0.507 e. The van der Waals surface area contributed by atoms with Crippen molar-refractivity contribution in [3.63, 3.8) is 0 Å². The van der Waals surface area contributed by atoms with Crippen molar-refractivity contribution >= 4 is 6.29 Å². The van der Waals surface area contributed by atoms with E-state index in [1.165, 1.54) is 31.4 Å². The fourth-order valence-corrected chi connectivity index (χ4v) is 1.68. The number of benzene rings is 2. The molecular formula is C14H11FO3. The molecule has 1 N–H and O–H groups in total. The zero-order valence-electron chi connectivity index (χ0n) is 9.68. The van der Waals surface area contributed by atoms with Gasteiger partial charge in [0.25, 0.3) is 0 Å². The van der Waals surface area contributed by atoms with E-state index in [1.54, 1.807) is 12.1 Å². The van der Waals surface area contributed by atoms with Crippen LogP contribution in [0.15, 0.2) is 36.4 Å². The SMILES string of the molecule is COc1cc(F)cc(-c2ccc(O)c(C=O)c2)c1. The van der Waals surface area contributed by atoms with Crippen molar-refractivity contribution in [1.82, 2.24) is 0 Å². The van der Waals surface area contributed by atoms with E-state index in [-0.39, 0.29) is 11.3 Å². The molecule has 18 heavy (non-hydrogen) atoms. The van der Waals surface area contributed by atoms with E-state index in [4.69, 9.17) is 4.74 Å². The lowest BCUT2D eigenvalue weighted by Crippen LogP contribution is -1.88. The molecule has 0 bridgehead atoms. The average molecular weight is 246 g/mol. The summed E-state index contributed by atoms with van der Waals surface area (Å²) in [5.74, 6) is -0.132. The summed E-state index contributed by atoms with van der Waals surface area (Å²) in [6.45, 7) is 0. The number of ether oxygens (including phenoxy) is 1. The van der Waals surface area contributed by atoms with Crippen LogP contribution in [0.4, 0.5) is 4.39 Å². The van der Waals surface area contributed by atoms with Crippen LogP contribution in [0.3, 0.4) is 0 Å². The Hall–Kier alpha value is -2.36. The Bertz CT molecular complexity index is 594. The molecule has 3 nitrogen and oxygen atoms in total. The van der Waals surface area contributed by atoms with Crippen LogP contribution in [0.5, 0.6) is 11.5 Å². The van der Waals surface area contributed by atoms with Gasteiger partial charge >= 0.3 is 0 Å². The fraction of sp³-hybridized carbons (Fsp3) is 0.0714. The summed E-state index contributed by atoms with van der Waals surface area (Å²) in [6.07, 6.45) is 0.551. The summed E-state index contributed by atoms with van der Waals surface area (Å²) >= 11 is 0. The van der Waals surface area contributed by atoms with E-state index in [2.05, 4.69) is 0 Å². The third-order valence-corrected chi connectivity index (χ3v) is 2.59. The fourth-order valence-electron chi connectivity index (χ4n) is 1.68. The number of carbonyl (C=O) groups excluding carboxylic acids is 1. The summed E-state index contributed by atoms with van der Waals surface area (Å²) in [5.41, 5.74) is 1.37. The smallest absolute Gasteiger partial charge is 0.153 e. The summed E-state index contributed by atoms with van der Waals surface area (Å²) in [7, 11) is 1.45. The molecule has 0 atom stereocenters. The maximum atomic E-state index is 13.4. The number of hydrogen-bond acceptors (Lipinski definition) is 3. The molecule has 4 heteroatoms. The molecule has 0 fully saturated rings. The molecule has 0 radical (unpaired) electrons. The molecule has 0 unspecified atom stereocenters. The molecule has 92 valence electrons. The van der Waals surface area contributed by atoms with E-state index >= 15 is 0 Å².